The van der Waals surface area contributed by atoms with E-state index < -0.39 is 5.41 Å². The quantitative estimate of drug-likeness (QED) is 0.743. The Morgan fingerprint density at radius 1 is 1.15 bits per heavy atom. The molecule has 1 atom stereocenters. The van der Waals surface area contributed by atoms with Crippen molar-refractivity contribution in [3.8, 4) is 0 Å². The van der Waals surface area contributed by atoms with Gasteiger partial charge in [0.25, 0.3) is 0 Å². The highest BCUT2D eigenvalue weighted by Crippen LogP contribution is 2.33. The number of amides is 2. The third kappa shape index (κ3) is 3.66. The fraction of sp³-hybridized carbons (Fsp3) is 0.211. The fourth-order valence-electron chi connectivity index (χ4n) is 2.74. The number of urea groups is 1. The fourth-order valence-corrected chi connectivity index (χ4v) is 3.13. The highest BCUT2D eigenvalue weighted by Gasteiger charge is 2.45. The number of halogens is 2. The molecule has 1 N–H and O–H groups in total. The van der Waals surface area contributed by atoms with E-state index in [1.54, 1.807) is 43.3 Å². The summed E-state index contributed by atoms with van der Waals surface area (Å²) in [6.07, 6.45) is 0. The molecule has 0 radical (unpaired) electrons. The van der Waals surface area contributed by atoms with Gasteiger partial charge in [0.2, 0.25) is 0 Å². The SMILES string of the molecule is CC(=O)C1(C)CN(C(=O)Nc2ccc(Br)cc2)N=C1c1ccc(Cl)cc1. The molecule has 5 nitrogen and oxygen atoms in total. The molecule has 0 spiro atoms. The maximum Gasteiger partial charge on any atom is 0.342 e. The van der Waals surface area contributed by atoms with Gasteiger partial charge >= 0.3 is 6.03 Å². The van der Waals surface area contributed by atoms with Crippen LogP contribution in [0.15, 0.2) is 58.1 Å². The van der Waals surface area contributed by atoms with Crippen molar-refractivity contribution in [2.75, 3.05) is 11.9 Å². The third-order valence-corrected chi connectivity index (χ3v) is 5.21. The molecule has 134 valence electrons. The van der Waals surface area contributed by atoms with Crippen molar-refractivity contribution < 1.29 is 9.59 Å². The minimum Gasteiger partial charge on any atom is -0.306 e. The van der Waals surface area contributed by atoms with Crippen LogP contribution in [-0.2, 0) is 4.79 Å². The summed E-state index contributed by atoms with van der Waals surface area (Å²) in [6, 6.07) is 13.9. The zero-order valence-electron chi connectivity index (χ0n) is 14.3. The minimum absolute atomic E-state index is 0.0508. The topological polar surface area (TPSA) is 61.8 Å². The van der Waals surface area contributed by atoms with Gasteiger partial charge in [0.05, 0.1) is 17.7 Å². The zero-order chi connectivity index (χ0) is 18.9. The van der Waals surface area contributed by atoms with Gasteiger partial charge in [-0.15, -0.1) is 0 Å². The number of anilines is 1. The van der Waals surface area contributed by atoms with E-state index in [1.807, 2.05) is 12.1 Å². The van der Waals surface area contributed by atoms with E-state index >= 15 is 0 Å². The Kier molecular flexibility index (Phi) is 5.16. The molecule has 26 heavy (non-hydrogen) atoms. The van der Waals surface area contributed by atoms with Gasteiger partial charge < -0.3 is 5.32 Å². The van der Waals surface area contributed by atoms with Crippen LogP contribution in [0.25, 0.3) is 0 Å². The van der Waals surface area contributed by atoms with Crippen LogP contribution in [-0.4, -0.2) is 29.1 Å². The summed E-state index contributed by atoms with van der Waals surface area (Å²) in [7, 11) is 0. The number of nitrogens with one attached hydrogen (secondary N) is 1. The van der Waals surface area contributed by atoms with Crippen molar-refractivity contribution in [2.45, 2.75) is 13.8 Å². The van der Waals surface area contributed by atoms with Crippen molar-refractivity contribution in [2.24, 2.45) is 10.5 Å². The zero-order valence-corrected chi connectivity index (χ0v) is 16.6. The third-order valence-electron chi connectivity index (χ3n) is 4.43. The minimum atomic E-state index is -0.870. The lowest BCUT2D eigenvalue weighted by Gasteiger charge is -2.23. The molecule has 1 aliphatic heterocycles. The van der Waals surface area contributed by atoms with Crippen LogP contribution in [0.3, 0.4) is 0 Å². The molecule has 2 aromatic rings. The molecule has 1 unspecified atom stereocenters. The van der Waals surface area contributed by atoms with Crippen molar-refractivity contribution in [3.63, 3.8) is 0 Å². The average Bonchev–Trinajstić information content (AvgIpc) is 2.97. The number of benzene rings is 2. The van der Waals surface area contributed by atoms with Crippen LogP contribution in [0.5, 0.6) is 0 Å². The predicted molar refractivity (Wildman–Crippen MR) is 107 cm³/mol. The van der Waals surface area contributed by atoms with Crippen LogP contribution < -0.4 is 5.32 Å². The highest BCUT2D eigenvalue weighted by atomic mass is 79.9. The van der Waals surface area contributed by atoms with E-state index in [0.717, 1.165) is 10.0 Å². The number of ketones is 1. The lowest BCUT2D eigenvalue weighted by atomic mass is 9.79. The maximum absolute atomic E-state index is 12.6. The number of nitrogens with zero attached hydrogens (tertiary/aromatic N) is 2. The van der Waals surface area contributed by atoms with Gasteiger partial charge in [-0.25, -0.2) is 9.80 Å². The number of carbonyl (C=O) groups excluding carboxylic acids is 2. The summed E-state index contributed by atoms with van der Waals surface area (Å²) in [5.74, 6) is -0.0508. The summed E-state index contributed by atoms with van der Waals surface area (Å²) >= 11 is 9.30. The highest BCUT2D eigenvalue weighted by molar-refractivity contribution is 9.10. The molecule has 1 heterocycles. The summed E-state index contributed by atoms with van der Waals surface area (Å²) in [5, 5.41) is 9.13. The van der Waals surface area contributed by atoms with Crippen molar-refractivity contribution in [1.29, 1.82) is 0 Å². The van der Waals surface area contributed by atoms with E-state index in [1.165, 1.54) is 11.9 Å². The molecule has 0 saturated heterocycles. The second kappa shape index (κ2) is 7.21. The summed E-state index contributed by atoms with van der Waals surface area (Å²) in [6.45, 7) is 3.50. The first-order valence-electron chi connectivity index (χ1n) is 8.00. The summed E-state index contributed by atoms with van der Waals surface area (Å²) in [5.41, 5.74) is 1.11. The number of carbonyl (C=O) groups is 2. The van der Waals surface area contributed by atoms with Crippen molar-refractivity contribution >= 4 is 50.7 Å². The van der Waals surface area contributed by atoms with E-state index in [2.05, 4.69) is 26.3 Å². The molecule has 1 aliphatic rings. The van der Waals surface area contributed by atoms with E-state index in [0.29, 0.717) is 16.4 Å². The number of hydrogen-bond acceptors (Lipinski definition) is 3. The van der Waals surface area contributed by atoms with Crippen LogP contribution in [0.4, 0.5) is 10.5 Å². The standard InChI is InChI=1S/C19H17BrClN3O2/c1-12(25)19(2)11-24(18(26)22-16-9-5-14(20)6-10-16)23-17(19)13-3-7-15(21)8-4-13/h3-10H,11H2,1-2H3,(H,22,26). The van der Waals surface area contributed by atoms with Crippen LogP contribution >= 0.6 is 27.5 Å². The number of hydrazone groups is 1. The molecule has 0 saturated carbocycles. The van der Waals surface area contributed by atoms with Crippen LogP contribution in [0.1, 0.15) is 19.4 Å². The number of hydrogen-bond donors (Lipinski definition) is 1. The Morgan fingerprint density at radius 3 is 2.35 bits per heavy atom. The second-order valence-corrected chi connectivity index (χ2v) is 7.69. The van der Waals surface area contributed by atoms with Gasteiger partial charge in [-0.3, -0.25) is 4.79 Å². The molecular weight excluding hydrogens is 418 g/mol. The first-order chi connectivity index (χ1) is 12.3. The lowest BCUT2D eigenvalue weighted by Crippen LogP contribution is -2.40. The van der Waals surface area contributed by atoms with Gasteiger partial charge in [-0.1, -0.05) is 39.7 Å². The van der Waals surface area contributed by atoms with E-state index in [4.69, 9.17) is 11.6 Å². The molecule has 2 amide bonds. The Morgan fingerprint density at radius 2 is 1.77 bits per heavy atom. The monoisotopic (exact) mass is 433 g/mol. The Bertz CT molecular complexity index is 881. The normalized spacial score (nSPS) is 19.2. The average molecular weight is 435 g/mol. The van der Waals surface area contributed by atoms with Gasteiger partial charge in [-0.05, 0) is 55.8 Å². The van der Waals surface area contributed by atoms with E-state index in [9.17, 15) is 9.59 Å². The Balaban J connectivity index is 1.88. The smallest absolute Gasteiger partial charge is 0.306 e. The van der Waals surface area contributed by atoms with E-state index in [-0.39, 0.29) is 18.4 Å². The van der Waals surface area contributed by atoms with Gasteiger partial charge in [0.15, 0.2) is 0 Å². The number of rotatable bonds is 3. The molecule has 2 aromatic carbocycles. The van der Waals surface area contributed by atoms with Gasteiger partial charge in [-0.2, -0.15) is 5.10 Å². The molecule has 3 rings (SSSR count). The molecule has 0 aliphatic carbocycles. The van der Waals surface area contributed by atoms with Crippen LogP contribution in [0.2, 0.25) is 5.02 Å². The summed E-state index contributed by atoms with van der Waals surface area (Å²) < 4.78 is 0.920. The molecule has 7 heteroatoms. The predicted octanol–water partition coefficient (Wildman–Crippen LogP) is 4.95. The lowest BCUT2D eigenvalue weighted by molar-refractivity contribution is -0.122. The molecular formula is C19H17BrClN3O2. The van der Waals surface area contributed by atoms with Gasteiger partial charge in [0.1, 0.15) is 5.78 Å². The Labute approximate surface area is 165 Å². The molecule has 0 aromatic heterocycles. The first-order valence-corrected chi connectivity index (χ1v) is 9.17. The molecule has 0 fully saturated rings. The largest absolute Gasteiger partial charge is 0.342 e. The van der Waals surface area contributed by atoms with Gasteiger partial charge in [0, 0.05) is 15.2 Å². The first kappa shape index (κ1) is 18.6. The maximum atomic E-state index is 12.6. The van der Waals surface area contributed by atoms with Crippen molar-refractivity contribution in [1.82, 2.24) is 5.01 Å². The Hall–Kier alpha value is -2.18. The number of Topliss-reactive ketones (excluding diaryl/α,β-unsaturated/α-hetero) is 1. The van der Waals surface area contributed by atoms with Crippen LogP contribution in [0, 0.1) is 5.41 Å². The molecule has 0 bridgehead atoms. The second-order valence-electron chi connectivity index (χ2n) is 6.34. The summed E-state index contributed by atoms with van der Waals surface area (Å²) in [4.78, 5) is 24.9. The van der Waals surface area contributed by atoms with Crippen molar-refractivity contribution in [3.05, 3.63) is 63.6 Å².